The summed E-state index contributed by atoms with van der Waals surface area (Å²) in [6.45, 7) is 6.15. The number of rotatable bonds is 4. The van der Waals surface area contributed by atoms with Gasteiger partial charge in [0.25, 0.3) is 0 Å². The Morgan fingerprint density at radius 3 is 2.83 bits per heavy atom. The third-order valence-corrected chi connectivity index (χ3v) is 2.02. The van der Waals surface area contributed by atoms with Crippen molar-refractivity contribution in [1.29, 1.82) is 0 Å². The molecule has 1 rings (SSSR count). The molecule has 1 heterocycles. The van der Waals surface area contributed by atoms with Gasteiger partial charge in [-0.15, -0.1) is 0 Å². The van der Waals surface area contributed by atoms with Crippen LogP contribution >= 0.6 is 0 Å². The monoisotopic (exact) mass is 167 g/mol. The van der Waals surface area contributed by atoms with Gasteiger partial charge in [0.15, 0.2) is 0 Å². The van der Waals surface area contributed by atoms with Crippen LogP contribution in [0.25, 0.3) is 0 Å². The highest BCUT2D eigenvalue weighted by Gasteiger charge is 2.01. The van der Waals surface area contributed by atoms with Gasteiger partial charge >= 0.3 is 0 Å². The van der Waals surface area contributed by atoms with Gasteiger partial charge in [-0.1, -0.05) is 0 Å². The number of nitrogens with one attached hydrogen (secondary N) is 1. The second kappa shape index (κ2) is 4.26. The molecule has 0 radical (unpaired) electrons. The maximum atomic E-state index is 4.37. The predicted octanol–water partition coefficient (Wildman–Crippen LogP) is 0.973. The molecule has 0 amide bonds. The molecule has 0 aliphatic rings. The maximum absolute atomic E-state index is 4.37. The van der Waals surface area contributed by atoms with Crippen LogP contribution in [0, 0.1) is 6.92 Å². The average molecular weight is 167 g/mol. The summed E-state index contributed by atoms with van der Waals surface area (Å²) in [6.07, 6.45) is 3.20. The topological polar surface area (TPSA) is 29.9 Å². The molecule has 1 aromatic heterocycles. The summed E-state index contributed by atoms with van der Waals surface area (Å²) in [4.78, 5) is 0. The lowest BCUT2D eigenvalue weighted by molar-refractivity contribution is 0.653. The first kappa shape index (κ1) is 9.26. The van der Waals surface area contributed by atoms with Gasteiger partial charge in [0.05, 0.1) is 5.69 Å². The largest absolute Gasteiger partial charge is 0.319 e. The van der Waals surface area contributed by atoms with Crippen LogP contribution < -0.4 is 5.32 Å². The van der Waals surface area contributed by atoms with Crippen LogP contribution in [-0.4, -0.2) is 23.4 Å². The van der Waals surface area contributed by atoms with E-state index in [-0.39, 0.29) is 0 Å². The molecule has 0 saturated heterocycles. The molecule has 3 nitrogen and oxygen atoms in total. The van der Waals surface area contributed by atoms with E-state index < -0.39 is 0 Å². The summed E-state index contributed by atoms with van der Waals surface area (Å²) in [5.74, 6) is 0. The molecule has 0 bridgehead atoms. The zero-order valence-corrected chi connectivity index (χ0v) is 8.09. The first-order valence-electron chi connectivity index (χ1n) is 4.45. The van der Waals surface area contributed by atoms with Crippen LogP contribution in [0.5, 0.6) is 0 Å². The van der Waals surface area contributed by atoms with Crippen molar-refractivity contribution < 1.29 is 0 Å². The Morgan fingerprint density at radius 2 is 2.33 bits per heavy atom. The van der Waals surface area contributed by atoms with Gasteiger partial charge in [0.1, 0.15) is 0 Å². The Kier molecular flexibility index (Phi) is 3.29. The molecule has 0 aliphatic heterocycles. The molecule has 0 spiro atoms. The number of aryl methyl sites for hydroxylation is 2. The molecule has 0 aromatic carbocycles. The summed E-state index contributed by atoms with van der Waals surface area (Å²) in [5, 5.41) is 7.50. The van der Waals surface area contributed by atoms with E-state index >= 15 is 0 Å². The molecular formula is C9H17N3. The normalized spacial score (nSPS) is 10.6. The zero-order chi connectivity index (χ0) is 8.97. The van der Waals surface area contributed by atoms with Gasteiger partial charge in [-0.05, 0) is 39.4 Å². The van der Waals surface area contributed by atoms with Gasteiger partial charge in [-0.25, -0.2) is 0 Å². The smallest absolute Gasteiger partial charge is 0.0626 e. The molecule has 0 unspecified atom stereocenters. The Morgan fingerprint density at radius 1 is 1.58 bits per heavy atom. The van der Waals surface area contributed by atoms with E-state index in [1.165, 1.54) is 5.56 Å². The number of likely N-dealkylation sites (N-methyl/N-ethyl adjacent to an activating group) is 1. The molecule has 12 heavy (non-hydrogen) atoms. The fourth-order valence-corrected chi connectivity index (χ4v) is 1.23. The lowest BCUT2D eigenvalue weighted by Gasteiger charge is -1.95. The van der Waals surface area contributed by atoms with Crippen molar-refractivity contribution in [3.63, 3.8) is 0 Å². The average Bonchev–Trinajstić information content (AvgIpc) is 2.43. The van der Waals surface area contributed by atoms with Crippen molar-refractivity contribution in [3.8, 4) is 0 Å². The van der Waals surface area contributed by atoms with E-state index in [1.54, 1.807) is 0 Å². The summed E-state index contributed by atoms with van der Waals surface area (Å²) >= 11 is 0. The number of nitrogens with zero attached hydrogens (tertiary/aromatic N) is 2. The minimum absolute atomic E-state index is 0.959. The number of hydrogen-bond donors (Lipinski definition) is 1. The SMILES string of the molecule is CCn1cc(CCNC)c(C)n1. The van der Waals surface area contributed by atoms with E-state index in [4.69, 9.17) is 0 Å². The molecular weight excluding hydrogens is 150 g/mol. The van der Waals surface area contributed by atoms with E-state index in [0.29, 0.717) is 0 Å². The van der Waals surface area contributed by atoms with Crippen molar-refractivity contribution in [3.05, 3.63) is 17.5 Å². The molecule has 0 atom stereocenters. The summed E-state index contributed by atoms with van der Waals surface area (Å²) in [7, 11) is 1.97. The second-order valence-corrected chi connectivity index (χ2v) is 2.95. The Bertz CT molecular complexity index is 240. The molecule has 0 aliphatic carbocycles. The minimum Gasteiger partial charge on any atom is -0.319 e. The van der Waals surface area contributed by atoms with E-state index in [1.807, 2.05) is 11.7 Å². The van der Waals surface area contributed by atoms with E-state index in [9.17, 15) is 0 Å². The van der Waals surface area contributed by atoms with Crippen molar-refractivity contribution in [2.75, 3.05) is 13.6 Å². The van der Waals surface area contributed by atoms with E-state index in [2.05, 4.69) is 30.5 Å². The van der Waals surface area contributed by atoms with Gasteiger partial charge in [-0.3, -0.25) is 4.68 Å². The van der Waals surface area contributed by atoms with Crippen LogP contribution in [0.2, 0.25) is 0 Å². The molecule has 1 N–H and O–H groups in total. The first-order valence-corrected chi connectivity index (χ1v) is 4.45. The Hall–Kier alpha value is -0.830. The third-order valence-electron chi connectivity index (χ3n) is 2.02. The molecule has 0 saturated carbocycles. The Balaban J connectivity index is 2.64. The minimum atomic E-state index is 0.959. The van der Waals surface area contributed by atoms with Gasteiger partial charge in [0, 0.05) is 12.7 Å². The predicted molar refractivity (Wildman–Crippen MR) is 50.3 cm³/mol. The quantitative estimate of drug-likeness (QED) is 0.724. The lowest BCUT2D eigenvalue weighted by Crippen LogP contribution is -2.10. The molecule has 3 heteroatoms. The van der Waals surface area contributed by atoms with Crippen LogP contribution in [0.1, 0.15) is 18.2 Å². The fraction of sp³-hybridized carbons (Fsp3) is 0.667. The van der Waals surface area contributed by atoms with Gasteiger partial charge in [-0.2, -0.15) is 5.10 Å². The van der Waals surface area contributed by atoms with Gasteiger partial charge < -0.3 is 5.32 Å². The van der Waals surface area contributed by atoms with Crippen molar-refractivity contribution >= 4 is 0 Å². The van der Waals surface area contributed by atoms with Crippen molar-refractivity contribution in [2.24, 2.45) is 0 Å². The van der Waals surface area contributed by atoms with Crippen molar-refractivity contribution in [1.82, 2.24) is 15.1 Å². The fourth-order valence-electron chi connectivity index (χ4n) is 1.23. The summed E-state index contributed by atoms with van der Waals surface area (Å²) in [6, 6.07) is 0. The standard InChI is InChI=1S/C9H17N3/c1-4-12-7-9(5-6-10-3)8(2)11-12/h7,10H,4-6H2,1-3H3. The highest BCUT2D eigenvalue weighted by molar-refractivity contribution is 5.15. The summed E-state index contributed by atoms with van der Waals surface area (Å²) in [5.41, 5.74) is 2.51. The second-order valence-electron chi connectivity index (χ2n) is 2.95. The molecule has 68 valence electrons. The van der Waals surface area contributed by atoms with Gasteiger partial charge in [0.2, 0.25) is 0 Å². The van der Waals surface area contributed by atoms with E-state index in [0.717, 1.165) is 25.2 Å². The molecule has 1 aromatic rings. The van der Waals surface area contributed by atoms with Crippen LogP contribution in [0.15, 0.2) is 6.20 Å². The third kappa shape index (κ3) is 2.08. The van der Waals surface area contributed by atoms with Crippen LogP contribution in [0.4, 0.5) is 0 Å². The van der Waals surface area contributed by atoms with Crippen molar-refractivity contribution in [2.45, 2.75) is 26.8 Å². The highest BCUT2D eigenvalue weighted by Crippen LogP contribution is 2.05. The first-order chi connectivity index (χ1) is 5.77. The highest BCUT2D eigenvalue weighted by atomic mass is 15.3. The molecule has 0 fully saturated rings. The lowest BCUT2D eigenvalue weighted by atomic mass is 10.2. The Labute approximate surface area is 73.8 Å². The van der Waals surface area contributed by atoms with Crippen LogP contribution in [0.3, 0.4) is 0 Å². The number of aromatic nitrogens is 2. The maximum Gasteiger partial charge on any atom is 0.0626 e. The van der Waals surface area contributed by atoms with Crippen LogP contribution in [-0.2, 0) is 13.0 Å². The summed E-state index contributed by atoms with van der Waals surface area (Å²) < 4.78 is 1.99. The number of hydrogen-bond acceptors (Lipinski definition) is 2. The zero-order valence-electron chi connectivity index (χ0n) is 8.09.